The van der Waals surface area contributed by atoms with Gasteiger partial charge in [-0.1, -0.05) is 41.9 Å². The van der Waals surface area contributed by atoms with Gasteiger partial charge in [0.15, 0.2) is 6.61 Å². The van der Waals surface area contributed by atoms with Crippen LogP contribution in [0.1, 0.15) is 11.1 Å². The molecule has 3 aromatic rings. The smallest absolute Gasteiger partial charge is 0.264 e. The molecule has 0 aromatic heterocycles. The molecule has 1 aliphatic rings. The molecule has 3 aromatic carbocycles. The number of carbonyl (C=O) groups is 1. The van der Waals surface area contributed by atoms with Gasteiger partial charge < -0.3 is 10.1 Å². The van der Waals surface area contributed by atoms with Gasteiger partial charge in [-0.15, -0.1) is 0 Å². The molecule has 0 fully saturated rings. The van der Waals surface area contributed by atoms with E-state index >= 15 is 0 Å². The third kappa shape index (κ3) is 5.59. The Kier molecular flexibility index (Phi) is 7.04. The molecule has 184 valence electrons. The third-order valence-electron chi connectivity index (χ3n) is 5.44. The van der Waals surface area contributed by atoms with Gasteiger partial charge in [0.2, 0.25) is 10.0 Å². The number of halogens is 1. The number of amides is 1. The summed E-state index contributed by atoms with van der Waals surface area (Å²) < 4.78 is 55.7. The first-order chi connectivity index (χ1) is 16.6. The van der Waals surface area contributed by atoms with Gasteiger partial charge in [0, 0.05) is 13.1 Å². The van der Waals surface area contributed by atoms with Crippen molar-refractivity contribution in [3.05, 3.63) is 82.9 Å². The second-order valence-electron chi connectivity index (χ2n) is 7.80. The van der Waals surface area contributed by atoms with E-state index in [1.807, 2.05) is 12.1 Å². The summed E-state index contributed by atoms with van der Waals surface area (Å²) in [5.41, 5.74) is 2.29. The molecule has 1 aliphatic heterocycles. The van der Waals surface area contributed by atoms with Crippen molar-refractivity contribution in [3.8, 4) is 5.75 Å². The largest absolute Gasteiger partial charge is 0.482 e. The van der Waals surface area contributed by atoms with Crippen molar-refractivity contribution < 1.29 is 26.4 Å². The molecule has 0 spiro atoms. The maximum atomic E-state index is 13.1. The molecule has 0 aliphatic carbocycles. The van der Waals surface area contributed by atoms with Crippen molar-refractivity contribution in [2.24, 2.45) is 5.14 Å². The van der Waals surface area contributed by atoms with Crippen LogP contribution in [0.3, 0.4) is 0 Å². The minimum absolute atomic E-state index is 0.0232. The van der Waals surface area contributed by atoms with Crippen LogP contribution in [-0.4, -0.2) is 35.9 Å². The summed E-state index contributed by atoms with van der Waals surface area (Å²) in [5.74, 6) is -0.276. The number of hydrogen-bond donors (Lipinski definition) is 2. The molecule has 3 N–H and O–H groups in total. The Morgan fingerprint density at radius 2 is 1.69 bits per heavy atom. The first-order valence-electron chi connectivity index (χ1n) is 10.5. The Balaban J connectivity index is 1.36. The van der Waals surface area contributed by atoms with E-state index in [1.54, 1.807) is 12.1 Å². The number of carbonyl (C=O) groups excluding carboxylic acids is 1. The maximum absolute atomic E-state index is 13.1. The summed E-state index contributed by atoms with van der Waals surface area (Å²) in [7, 11) is -7.59. The van der Waals surface area contributed by atoms with Crippen molar-refractivity contribution in [1.82, 2.24) is 5.32 Å². The number of nitrogens with two attached hydrogens (primary N) is 1. The predicted molar refractivity (Wildman–Crippen MR) is 131 cm³/mol. The molecule has 9 nitrogen and oxygen atoms in total. The summed E-state index contributed by atoms with van der Waals surface area (Å²) in [6, 6.07) is 17.2. The molecule has 12 heteroatoms. The molecule has 0 saturated carbocycles. The number of rotatable bonds is 8. The Morgan fingerprint density at radius 1 is 1.00 bits per heavy atom. The Labute approximate surface area is 208 Å². The van der Waals surface area contributed by atoms with Gasteiger partial charge in [-0.3, -0.25) is 9.10 Å². The number of nitrogens with zero attached hydrogens (tertiary/aromatic N) is 1. The Bertz CT molecular complexity index is 1480. The van der Waals surface area contributed by atoms with Crippen LogP contribution in [-0.2, 0) is 37.8 Å². The van der Waals surface area contributed by atoms with E-state index in [2.05, 4.69) is 5.32 Å². The van der Waals surface area contributed by atoms with Gasteiger partial charge in [0.1, 0.15) is 5.75 Å². The zero-order valence-electron chi connectivity index (χ0n) is 18.3. The highest BCUT2D eigenvalue weighted by Crippen LogP contribution is 2.35. The normalized spacial score (nSPS) is 13.4. The lowest BCUT2D eigenvalue weighted by Crippen LogP contribution is -2.29. The molecule has 1 amide bonds. The number of para-hydroxylation sites is 1. The van der Waals surface area contributed by atoms with Crippen molar-refractivity contribution in [2.45, 2.75) is 22.8 Å². The van der Waals surface area contributed by atoms with E-state index in [4.69, 9.17) is 21.5 Å². The fourth-order valence-electron chi connectivity index (χ4n) is 3.64. The van der Waals surface area contributed by atoms with Crippen LogP contribution in [0, 0.1) is 0 Å². The summed E-state index contributed by atoms with van der Waals surface area (Å²) in [6.07, 6.45) is 0.635. The number of sulfonamides is 2. The fourth-order valence-corrected chi connectivity index (χ4v) is 5.98. The maximum Gasteiger partial charge on any atom is 0.264 e. The minimum atomic E-state index is -3.81. The molecule has 4 rings (SSSR count). The van der Waals surface area contributed by atoms with Gasteiger partial charge in [0.05, 0.1) is 20.5 Å². The van der Waals surface area contributed by atoms with Crippen LogP contribution in [0.5, 0.6) is 5.75 Å². The lowest BCUT2D eigenvalue weighted by molar-refractivity contribution is -0.123. The molecule has 0 unspecified atom stereocenters. The number of anilines is 1. The highest BCUT2D eigenvalue weighted by Gasteiger charge is 2.31. The quantitative estimate of drug-likeness (QED) is 0.454. The van der Waals surface area contributed by atoms with Gasteiger partial charge in [-0.05, 0) is 53.9 Å². The van der Waals surface area contributed by atoms with Gasteiger partial charge >= 0.3 is 0 Å². The van der Waals surface area contributed by atoms with E-state index in [1.165, 1.54) is 46.8 Å². The number of ether oxygens (including phenoxy) is 1. The summed E-state index contributed by atoms with van der Waals surface area (Å²) in [5, 5.41) is 7.76. The molecule has 1 heterocycles. The van der Waals surface area contributed by atoms with Crippen molar-refractivity contribution in [1.29, 1.82) is 0 Å². The van der Waals surface area contributed by atoms with Crippen LogP contribution in [0.25, 0.3) is 0 Å². The standard InChI is InChI=1S/C23H22ClN3O6S2/c24-20-13-19(35(31,32)27-12-11-17-3-1-2-4-21(17)27)9-10-22(20)33-15-23(28)26-14-16-5-7-18(8-6-16)34(25,29)30/h1-10,13H,11-12,14-15H2,(H,26,28)(H2,25,29,30). The predicted octanol–water partition coefficient (Wildman–Crippen LogP) is 2.43. The van der Waals surface area contributed by atoms with Crippen molar-refractivity contribution in [3.63, 3.8) is 0 Å². The van der Waals surface area contributed by atoms with Crippen LogP contribution in [0.15, 0.2) is 76.5 Å². The molecule has 0 radical (unpaired) electrons. The highest BCUT2D eigenvalue weighted by atomic mass is 35.5. The average molecular weight is 536 g/mol. The molecule has 0 bridgehead atoms. The molecular formula is C23H22ClN3O6S2. The zero-order chi connectivity index (χ0) is 25.2. The first-order valence-corrected chi connectivity index (χ1v) is 13.8. The fraction of sp³-hybridized carbons (Fsp3) is 0.174. The molecular weight excluding hydrogens is 514 g/mol. The number of benzene rings is 3. The van der Waals surface area contributed by atoms with E-state index in [-0.39, 0.29) is 33.7 Å². The van der Waals surface area contributed by atoms with Gasteiger partial charge in [-0.2, -0.15) is 0 Å². The van der Waals surface area contributed by atoms with Crippen LogP contribution >= 0.6 is 11.6 Å². The number of hydrogen-bond acceptors (Lipinski definition) is 6. The van der Waals surface area contributed by atoms with Crippen molar-refractivity contribution >= 4 is 43.2 Å². The molecule has 0 saturated heterocycles. The second kappa shape index (κ2) is 9.86. The topological polar surface area (TPSA) is 136 Å². The monoisotopic (exact) mass is 535 g/mol. The Morgan fingerprint density at radius 3 is 2.37 bits per heavy atom. The van der Waals surface area contributed by atoms with E-state index < -0.39 is 26.0 Å². The number of nitrogens with one attached hydrogen (secondary N) is 1. The van der Waals surface area contributed by atoms with Gasteiger partial charge in [0.25, 0.3) is 15.9 Å². The summed E-state index contributed by atoms with van der Waals surface area (Å²) in [4.78, 5) is 12.2. The van der Waals surface area contributed by atoms with Gasteiger partial charge in [-0.25, -0.2) is 22.0 Å². The first kappa shape index (κ1) is 25.0. The lowest BCUT2D eigenvalue weighted by Gasteiger charge is -2.20. The summed E-state index contributed by atoms with van der Waals surface area (Å²) in [6.45, 7) is 0.151. The van der Waals surface area contributed by atoms with Crippen LogP contribution < -0.4 is 19.5 Å². The number of primary sulfonamides is 1. The van der Waals surface area contributed by atoms with E-state index in [9.17, 15) is 21.6 Å². The Hall–Kier alpha value is -3.12. The molecule has 35 heavy (non-hydrogen) atoms. The third-order valence-corrected chi connectivity index (χ3v) is 8.47. The minimum Gasteiger partial charge on any atom is -0.482 e. The van der Waals surface area contributed by atoms with E-state index in [0.717, 1.165) is 5.56 Å². The summed E-state index contributed by atoms with van der Waals surface area (Å²) >= 11 is 6.25. The SMILES string of the molecule is NS(=O)(=O)c1ccc(CNC(=O)COc2ccc(S(=O)(=O)N3CCc4ccccc43)cc2Cl)cc1. The molecule has 0 atom stereocenters. The van der Waals surface area contributed by atoms with Crippen LogP contribution in [0.4, 0.5) is 5.69 Å². The van der Waals surface area contributed by atoms with Crippen molar-refractivity contribution in [2.75, 3.05) is 17.5 Å². The zero-order valence-corrected chi connectivity index (χ0v) is 20.7. The van der Waals surface area contributed by atoms with Crippen LogP contribution in [0.2, 0.25) is 5.02 Å². The lowest BCUT2D eigenvalue weighted by atomic mass is 10.2. The van der Waals surface area contributed by atoms with E-state index in [0.29, 0.717) is 24.2 Å². The highest BCUT2D eigenvalue weighted by molar-refractivity contribution is 7.92. The second-order valence-corrected chi connectivity index (χ2v) is 11.6. The average Bonchev–Trinajstić information content (AvgIpc) is 3.27. The number of fused-ring (bicyclic) bond motifs is 1.